The van der Waals surface area contributed by atoms with Crippen LogP contribution >= 0.6 is 0 Å². The van der Waals surface area contributed by atoms with E-state index in [-0.39, 0.29) is 6.67 Å². The fourth-order valence-electron chi connectivity index (χ4n) is 12.4. The molecule has 0 bridgehead atoms. The molecule has 8 heteroatoms. The van der Waals surface area contributed by atoms with Gasteiger partial charge in [-0.05, 0) is 78.4 Å². The van der Waals surface area contributed by atoms with Crippen molar-refractivity contribution in [1.29, 1.82) is 0 Å². The predicted octanol–water partition coefficient (Wildman–Crippen LogP) is 17.3. The molecule has 76 heavy (non-hydrogen) atoms. The first-order valence-electron chi connectivity index (χ1n) is 28.5. The van der Waals surface area contributed by atoms with Crippen LogP contribution in [-0.2, 0) is 14.0 Å². The Hall–Kier alpha value is -10.1. The van der Waals surface area contributed by atoms with Gasteiger partial charge in [0.1, 0.15) is 24.0 Å². The minimum atomic E-state index is -2.68. The number of rotatable bonds is 7. The first-order valence-corrected chi connectivity index (χ1v) is 25.5. The Bertz CT molecular complexity index is 4970. The van der Waals surface area contributed by atoms with Crippen LogP contribution in [0.1, 0.15) is 8.22 Å². The van der Waals surface area contributed by atoms with Crippen molar-refractivity contribution < 1.29 is 13.0 Å². The van der Waals surface area contributed by atoms with Crippen LogP contribution in [0, 0.1) is 0 Å². The molecule has 1 aliphatic heterocycles. The zero-order valence-corrected chi connectivity index (χ0v) is 40.8. The van der Waals surface area contributed by atoms with Gasteiger partial charge in [-0.2, -0.15) is 0 Å². The van der Waals surface area contributed by atoms with Crippen molar-refractivity contribution in [1.82, 2.24) is 23.3 Å². The number of benzene rings is 10. The molecular weight excluding hydrogens is 931 g/mol. The van der Waals surface area contributed by atoms with Crippen LogP contribution in [0.2, 0.25) is 0 Å². The van der Waals surface area contributed by atoms with E-state index in [1.165, 1.54) is 19.9 Å². The highest BCUT2D eigenvalue weighted by Gasteiger charge is 2.35. The van der Waals surface area contributed by atoms with Gasteiger partial charge in [-0.15, -0.1) is 0 Å². The number of aryl methyl sites for hydroxylation is 2. The van der Waals surface area contributed by atoms with E-state index in [0.29, 0.717) is 39.3 Å². The Labute approximate surface area is 445 Å². The smallest absolute Gasteiger partial charge is 0.139 e. The lowest BCUT2D eigenvalue weighted by Crippen LogP contribution is -2.25. The van der Waals surface area contributed by atoms with Gasteiger partial charge in [-0.25, -0.2) is 4.98 Å². The summed E-state index contributed by atoms with van der Waals surface area (Å²) < 4.78 is 69.9. The molecule has 6 heterocycles. The lowest BCUT2D eigenvalue weighted by Gasteiger charge is -2.26. The molecule has 5 aromatic heterocycles. The quantitative estimate of drug-likeness (QED) is 0.160. The average Bonchev–Trinajstić information content (AvgIpc) is 2.00. The highest BCUT2D eigenvalue weighted by Crippen LogP contribution is 2.54. The highest BCUT2D eigenvalue weighted by molar-refractivity contribution is 6.33. The minimum absolute atomic E-state index is 0.204. The Morgan fingerprint density at radius 1 is 0.408 bits per heavy atom. The zero-order chi connectivity index (χ0) is 55.2. The summed E-state index contributed by atoms with van der Waals surface area (Å²) in [7, 11) is 0. The third-order valence-electron chi connectivity index (χ3n) is 15.6. The molecule has 0 N–H and O–H groups in total. The van der Waals surface area contributed by atoms with Crippen molar-refractivity contribution in [3.63, 3.8) is 0 Å². The van der Waals surface area contributed by atoms with Crippen molar-refractivity contribution in [3.8, 4) is 34.1 Å². The van der Waals surface area contributed by atoms with Gasteiger partial charge in [0, 0.05) is 112 Å². The van der Waals surface area contributed by atoms with Gasteiger partial charge in [0.15, 0.2) is 0 Å². The molecule has 15 aromatic rings. The largest absolute Gasteiger partial charge is 0.457 e. The number of nitrogens with zero attached hydrogens (tertiary/aromatic N) is 7. The molecule has 360 valence electrons. The SMILES string of the molecule is [2H]C([2H])([2H])n1c2ccccc2c2c(-c3ccccc3)c3c4ccccc4n(C([2H])([2H])[2H])c3c(N3CN(c4cccc(Oc5ccc6c7ccccc7n(-c7cc(-n8c9ccccc9c9ccccc98)ccn7)c6c5)c4)c4ccccc43)c21. The summed E-state index contributed by atoms with van der Waals surface area (Å²) in [6.45, 7) is -5.15. The molecule has 0 spiro atoms. The van der Waals surface area contributed by atoms with Gasteiger partial charge in [0.2, 0.25) is 0 Å². The number of hydrogen-bond acceptors (Lipinski definition) is 4. The Morgan fingerprint density at radius 3 is 1.57 bits per heavy atom. The summed E-state index contributed by atoms with van der Waals surface area (Å²) in [5.74, 6) is 2.00. The summed E-state index contributed by atoms with van der Waals surface area (Å²) in [6.07, 6.45) is 1.88. The van der Waals surface area contributed by atoms with Crippen molar-refractivity contribution in [2.45, 2.75) is 0 Å². The van der Waals surface area contributed by atoms with Gasteiger partial charge in [0.25, 0.3) is 0 Å². The predicted molar refractivity (Wildman–Crippen MR) is 315 cm³/mol. The molecule has 16 rings (SSSR count). The van der Waals surface area contributed by atoms with Crippen LogP contribution in [0.25, 0.3) is 110 Å². The number of ether oxygens (including phenoxy) is 1. The summed E-state index contributed by atoms with van der Waals surface area (Å²) in [5.41, 5.74) is 11.6. The van der Waals surface area contributed by atoms with Gasteiger partial charge >= 0.3 is 0 Å². The summed E-state index contributed by atoms with van der Waals surface area (Å²) >= 11 is 0. The number of aromatic nitrogens is 5. The van der Waals surface area contributed by atoms with E-state index >= 15 is 0 Å². The van der Waals surface area contributed by atoms with E-state index in [2.05, 4.69) is 116 Å². The van der Waals surface area contributed by atoms with Gasteiger partial charge in [0.05, 0.1) is 55.8 Å². The minimum Gasteiger partial charge on any atom is -0.457 e. The third-order valence-corrected chi connectivity index (χ3v) is 15.6. The Balaban J connectivity index is 0.847. The number of pyridine rings is 1. The second-order valence-corrected chi connectivity index (χ2v) is 19.6. The van der Waals surface area contributed by atoms with Crippen LogP contribution in [0.4, 0.5) is 22.7 Å². The van der Waals surface area contributed by atoms with Crippen molar-refractivity contribution >= 4 is 110 Å². The first kappa shape index (κ1) is 36.8. The molecular formula is C68H47N7O. The normalized spacial score (nSPS) is 14.3. The molecule has 0 aliphatic carbocycles. The van der Waals surface area contributed by atoms with E-state index in [1.54, 1.807) is 0 Å². The molecule has 10 aromatic carbocycles. The third kappa shape index (κ3) is 6.03. The molecule has 0 unspecified atom stereocenters. The summed E-state index contributed by atoms with van der Waals surface area (Å²) in [6, 6.07) is 76.9. The fraction of sp³-hybridized carbons (Fsp3) is 0.0441. The van der Waals surface area contributed by atoms with E-state index in [0.717, 1.165) is 94.1 Å². The number of fused-ring (bicyclic) bond motifs is 13. The maximum Gasteiger partial charge on any atom is 0.139 e. The second kappa shape index (κ2) is 16.2. The first-order chi connectivity index (χ1) is 40.0. The average molecular weight is 984 g/mol. The van der Waals surface area contributed by atoms with Crippen LogP contribution in [0.15, 0.2) is 237 Å². The monoisotopic (exact) mass is 983 g/mol. The number of hydrogen-bond donors (Lipinski definition) is 0. The Kier molecular flexibility index (Phi) is 7.86. The van der Waals surface area contributed by atoms with E-state index in [9.17, 15) is 8.22 Å². The molecule has 0 radical (unpaired) electrons. The molecule has 0 saturated carbocycles. The fourth-order valence-corrected chi connectivity index (χ4v) is 12.4. The molecule has 0 saturated heterocycles. The van der Waals surface area contributed by atoms with Gasteiger partial charge in [-0.1, -0.05) is 140 Å². The summed E-state index contributed by atoms with van der Waals surface area (Å²) in [5, 5.41) is 7.47. The Morgan fingerprint density at radius 2 is 0.934 bits per heavy atom. The van der Waals surface area contributed by atoms with Crippen LogP contribution in [-0.4, -0.2) is 29.9 Å². The maximum atomic E-state index is 9.27. The van der Waals surface area contributed by atoms with Crippen LogP contribution in [0.5, 0.6) is 11.5 Å². The number of anilines is 4. The number of para-hydroxylation sites is 7. The highest BCUT2D eigenvalue weighted by atomic mass is 16.5. The molecule has 0 atom stereocenters. The van der Waals surface area contributed by atoms with E-state index in [1.807, 2.05) is 140 Å². The van der Waals surface area contributed by atoms with Crippen molar-refractivity contribution in [3.05, 3.63) is 237 Å². The van der Waals surface area contributed by atoms with E-state index < -0.39 is 14.0 Å². The van der Waals surface area contributed by atoms with Crippen molar-refractivity contribution in [2.75, 3.05) is 16.5 Å². The molecule has 0 amide bonds. The molecule has 0 fully saturated rings. The molecule has 8 nitrogen and oxygen atoms in total. The maximum absolute atomic E-state index is 9.27. The zero-order valence-electron chi connectivity index (χ0n) is 46.8. The van der Waals surface area contributed by atoms with Crippen LogP contribution < -0.4 is 14.5 Å². The molecule has 1 aliphatic rings. The second-order valence-electron chi connectivity index (χ2n) is 19.6. The van der Waals surface area contributed by atoms with Crippen molar-refractivity contribution in [2.24, 2.45) is 14.0 Å². The van der Waals surface area contributed by atoms with Gasteiger partial charge in [-0.3, -0.25) is 4.57 Å². The summed E-state index contributed by atoms with van der Waals surface area (Å²) in [4.78, 5) is 9.29. The van der Waals surface area contributed by atoms with Gasteiger partial charge < -0.3 is 28.2 Å². The van der Waals surface area contributed by atoms with Crippen LogP contribution in [0.3, 0.4) is 0 Å². The lowest BCUT2D eigenvalue weighted by atomic mass is 9.93. The lowest BCUT2D eigenvalue weighted by molar-refractivity contribution is 0.483. The topological polar surface area (TPSA) is 48.3 Å². The standard InChI is InChI=1S/C68H47N7O/c1-70-54-28-11-9-26-52(54)64-63(43-19-4-3-5-20-43)65-53-27-10-12-29-55(53)71(2)67(65)68(66(64)70)73-42-72(59-33-16-17-34-60(59)73)44-21-18-22-46(39-44)76-47-35-36-51-50-25-8-15-32-58(50)75(61(51)41-47)62-40-45(37-38-69-62)74-56-30-13-6-23-48(56)49-24-7-14-31-57(49)74/h3-41H,42H2,1-2H3/i1D3,2D3. The van der Waals surface area contributed by atoms with E-state index in [4.69, 9.17) is 9.72 Å².